The first kappa shape index (κ1) is 14.8. The second kappa shape index (κ2) is 7.22. The molecule has 108 valence electrons. The first-order valence-corrected chi connectivity index (χ1v) is 8.85. The Kier molecular flexibility index (Phi) is 5.61. The molecule has 1 fully saturated rings. The van der Waals surface area contributed by atoms with Crippen molar-refractivity contribution in [3.05, 3.63) is 11.5 Å². The van der Waals surface area contributed by atoms with Crippen LogP contribution in [-0.2, 0) is 13.0 Å². The molecule has 0 saturated heterocycles. The average Bonchev–Trinajstić information content (AvgIpc) is 3.02. The summed E-state index contributed by atoms with van der Waals surface area (Å²) in [5.74, 6) is 5.16. The van der Waals surface area contributed by atoms with Crippen LogP contribution in [0.4, 0.5) is 5.82 Å². The summed E-state index contributed by atoms with van der Waals surface area (Å²) >= 11 is 1.97. The molecule has 1 heterocycles. The van der Waals surface area contributed by atoms with E-state index in [1.165, 1.54) is 37.3 Å². The third-order valence-corrected chi connectivity index (χ3v) is 4.87. The zero-order chi connectivity index (χ0) is 13.7. The molecule has 1 aliphatic carbocycles. The molecule has 0 bridgehead atoms. The van der Waals surface area contributed by atoms with Gasteiger partial charge in [-0.3, -0.25) is 0 Å². The Morgan fingerprint density at radius 3 is 2.68 bits per heavy atom. The van der Waals surface area contributed by atoms with E-state index in [1.807, 2.05) is 11.8 Å². The Morgan fingerprint density at radius 2 is 2.05 bits per heavy atom. The zero-order valence-electron chi connectivity index (χ0n) is 12.3. The Bertz CT molecular complexity index is 394. The lowest BCUT2D eigenvalue weighted by molar-refractivity contribution is 0.579. The second-order valence-electron chi connectivity index (χ2n) is 5.38. The molecule has 19 heavy (non-hydrogen) atoms. The zero-order valence-corrected chi connectivity index (χ0v) is 13.1. The van der Waals surface area contributed by atoms with Gasteiger partial charge in [-0.25, -0.2) is 4.98 Å². The minimum absolute atomic E-state index is 0.654. The number of thioether (sulfide) groups is 1. The lowest BCUT2D eigenvalue weighted by Gasteiger charge is -2.12. The number of aryl methyl sites for hydroxylation is 1. The van der Waals surface area contributed by atoms with Gasteiger partial charge in [0.15, 0.2) is 0 Å². The van der Waals surface area contributed by atoms with Crippen molar-refractivity contribution in [2.45, 2.75) is 64.8 Å². The maximum absolute atomic E-state index is 6.33. The fourth-order valence-electron chi connectivity index (χ4n) is 2.99. The van der Waals surface area contributed by atoms with Crippen LogP contribution in [0.25, 0.3) is 0 Å². The third kappa shape index (κ3) is 3.47. The van der Waals surface area contributed by atoms with Gasteiger partial charge in [0.25, 0.3) is 0 Å². The number of nitrogen functional groups attached to an aromatic ring is 1. The van der Waals surface area contributed by atoms with E-state index in [9.17, 15) is 0 Å². The van der Waals surface area contributed by atoms with Crippen molar-refractivity contribution in [3.8, 4) is 0 Å². The number of hydrogen-bond donors (Lipinski definition) is 1. The molecular weight excluding hydrogens is 254 g/mol. The maximum atomic E-state index is 6.33. The van der Waals surface area contributed by atoms with Gasteiger partial charge < -0.3 is 10.3 Å². The molecule has 0 unspecified atom stereocenters. The van der Waals surface area contributed by atoms with Crippen LogP contribution in [0.15, 0.2) is 0 Å². The number of rotatable bonds is 7. The van der Waals surface area contributed by atoms with Crippen LogP contribution in [0.5, 0.6) is 0 Å². The van der Waals surface area contributed by atoms with E-state index in [-0.39, 0.29) is 0 Å². The van der Waals surface area contributed by atoms with Crippen molar-refractivity contribution in [3.63, 3.8) is 0 Å². The fourth-order valence-corrected chi connectivity index (χ4v) is 3.61. The summed E-state index contributed by atoms with van der Waals surface area (Å²) in [5.41, 5.74) is 7.47. The maximum Gasteiger partial charge on any atom is 0.126 e. The topological polar surface area (TPSA) is 43.8 Å². The van der Waals surface area contributed by atoms with Gasteiger partial charge in [0.1, 0.15) is 11.6 Å². The van der Waals surface area contributed by atoms with Gasteiger partial charge in [0, 0.05) is 18.9 Å². The molecule has 1 aromatic rings. The van der Waals surface area contributed by atoms with Crippen LogP contribution in [-0.4, -0.2) is 21.1 Å². The molecule has 0 atom stereocenters. The predicted octanol–water partition coefficient (Wildman–Crippen LogP) is 3.83. The average molecular weight is 281 g/mol. The Hall–Kier alpha value is -0.640. The number of anilines is 1. The summed E-state index contributed by atoms with van der Waals surface area (Å²) in [6, 6.07) is 0. The van der Waals surface area contributed by atoms with Crippen molar-refractivity contribution >= 4 is 17.6 Å². The van der Waals surface area contributed by atoms with Gasteiger partial charge in [-0.15, -0.1) is 0 Å². The normalized spacial score (nSPS) is 16.3. The minimum atomic E-state index is 0.654. The van der Waals surface area contributed by atoms with Gasteiger partial charge >= 0.3 is 0 Å². The number of nitrogens with two attached hydrogens (primary N) is 1. The Morgan fingerprint density at radius 1 is 1.32 bits per heavy atom. The molecule has 1 aromatic heterocycles. The number of aromatic nitrogens is 2. The molecule has 0 aromatic carbocycles. The van der Waals surface area contributed by atoms with E-state index in [1.54, 1.807) is 0 Å². The van der Waals surface area contributed by atoms with Crippen molar-refractivity contribution in [2.75, 3.05) is 17.2 Å². The van der Waals surface area contributed by atoms with Crippen LogP contribution < -0.4 is 5.73 Å². The summed E-state index contributed by atoms with van der Waals surface area (Å²) < 4.78 is 2.29. The third-order valence-electron chi connectivity index (χ3n) is 3.97. The molecule has 1 aliphatic rings. The highest BCUT2D eigenvalue weighted by molar-refractivity contribution is 7.99. The number of imidazole rings is 1. The summed E-state index contributed by atoms with van der Waals surface area (Å²) in [7, 11) is 0. The molecule has 1 saturated carbocycles. The molecule has 0 aliphatic heterocycles. The lowest BCUT2D eigenvalue weighted by Crippen LogP contribution is -2.09. The van der Waals surface area contributed by atoms with E-state index < -0.39 is 0 Å². The molecule has 0 radical (unpaired) electrons. The van der Waals surface area contributed by atoms with Crippen LogP contribution in [0, 0.1) is 0 Å². The molecule has 0 amide bonds. The molecule has 2 N–H and O–H groups in total. The fraction of sp³-hybridized carbons (Fsp3) is 0.800. The summed E-state index contributed by atoms with van der Waals surface area (Å²) in [6.07, 6.45) is 7.44. The standard InChI is InChI=1S/C15H27N3S/c1-3-10-18-14(16)13(9-11-19-4-2)17-15(18)12-7-5-6-8-12/h12H,3-11,16H2,1-2H3. The van der Waals surface area contributed by atoms with Crippen molar-refractivity contribution in [1.29, 1.82) is 0 Å². The van der Waals surface area contributed by atoms with Gasteiger partial charge in [-0.05, 0) is 30.8 Å². The molecule has 0 spiro atoms. The van der Waals surface area contributed by atoms with Gasteiger partial charge in [-0.1, -0.05) is 26.7 Å². The van der Waals surface area contributed by atoms with Crippen LogP contribution >= 0.6 is 11.8 Å². The van der Waals surface area contributed by atoms with Crippen molar-refractivity contribution in [2.24, 2.45) is 0 Å². The Labute approximate surface area is 121 Å². The van der Waals surface area contributed by atoms with E-state index in [2.05, 4.69) is 18.4 Å². The summed E-state index contributed by atoms with van der Waals surface area (Å²) in [5, 5.41) is 0. The summed E-state index contributed by atoms with van der Waals surface area (Å²) in [6.45, 7) is 5.43. The van der Waals surface area contributed by atoms with Crippen molar-refractivity contribution < 1.29 is 0 Å². The quantitative estimate of drug-likeness (QED) is 0.773. The molecule has 2 rings (SSSR count). The first-order chi connectivity index (χ1) is 9.27. The highest BCUT2D eigenvalue weighted by Gasteiger charge is 2.24. The van der Waals surface area contributed by atoms with Crippen molar-refractivity contribution in [1.82, 2.24) is 9.55 Å². The SMILES string of the molecule is CCCn1c(C2CCCC2)nc(CCSCC)c1N. The monoisotopic (exact) mass is 281 g/mol. The van der Waals surface area contributed by atoms with Gasteiger partial charge in [0.05, 0.1) is 5.69 Å². The van der Waals surface area contributed by atoms with Gasteiger partial charge in [0.2, 0.25) is 0 Å². The van der Waals surface area contributed by atoms with Crippen LogP contribution in [0.1, 0.15) is 63.4 Å². The Balaban J connectivity index is 2.17. The minimum Gasteiger partial charge on any atom is -0.384 e. The smallest absolute Gasteiger partial charge is 0.126 e. The van der Waals surface area contributed by atoms with Crippen LogP contribution in [0.2, 0.25) is 0 Å². The number of nitrogens with zero attached hydrogens (tertiary/aromatic N) is 2. The molecule has 3 nitrogen and oxygen atoms in total. The largest absolute Gasteiger partial charge is 0.384 e. The predicted molar refractivity (Wildman–Crippen MR) is 84.8 cm³/mol. The van der Waals surface area contributed by atoms with E-state index in [4.69, 9.17) is 10.7 Å². The van der Waals surface area contributed by atoms with E-state index >= 15 is 0 Å². The highest BCUT2D eigenvalue weighted by Crippen LogP contribution is 2.35. The van der Waals surface area contributed by atoms with Gasteiger partial charge in [-0.2, -0.15) is 11.8 Å². The first-order valence-electron chi connectivity index (χ1n) is 7.70. The molecule has 4 heteroatoms. The highest BCUT2D eigenvalue weighted by atomic mass is 32.2. The summed E-state index contributed by atoms with van der Waals surface area (Å²) in [4.78, 5) is 4.91. The van der Waals surface area contributed by atoms with E-state index in [0.717, 1.165) is 36.7 Å². The van der Waals surface area contributed by atoms with Crippen LogP contribution in [0.3, 0.4) is 0 Å². The number of hydrogen-bond acceptors (Lipinski definition) is 3. The molecular formula is C15H27N3S. The van der Waals surface area contributed by atoms with E-state index in [0.29, 0.717) is 5.92 Å². The lowest BCUT2D eigenvalue weighted by atomic mass is 10.1. The second-order valence-corrected chi connectivity index (χ2v) is 6.78.